The molecule has 0 aliphatic heterocycles. The summed E-state index contributed by atoms with van der Waals surface area (Å²) in [5.41, 5.74) is 0. The maximum Gasteiger partial charge on any atom is 0.472 e. The van der Waals surface area contributed by atoms with Crippen LogP contribution in [-0.4, -0.2) is 74.3 Å². The minimum Gasteiger partial charge on any atom is -0.456 e. The molecule has 0 aliphatic carbocycles. The number of carbonyl (C=O) groups is 2. The van der Waals surface area contributed by atoms with Crippen molar-refractivity contribution < 1.29 is 37.3 Å². The van der Waals surface area contributed by atoms with Gasteiger partial charge in [-0.1, -0.05) is 326 Å². The van der Waals surface area contributed by atoms with E-state index in [4.69, 9.17) is 13.8 Å². The molecule has 0 aliphatic rings. The number of phosphoric ester groups is 1. The van der Waals surface area contributed by atoms with Crippen LogP contribution in [0.2, 0.25) is 0 Å². The molecule has 0 fully saturated rings. The summed E-state index contributed by atoms with van der Waals surface area (Å²) in [4.78, 5) is 37.9. The zero-order valence-electron chi connectivity index (χ0n) is 57.1. The fraction of sp³-hybridized carbons (Fsp3) is 0.840. The van der Waals surface area contributed by atoms with Gasteiger partial charge in [-0.15, -0.1) is 0 Å². The number of nitrogens with zero attached hydrogens (tertiary/aromatic N) is 1. The summed E-state index contributed by atoms with van der Waals surface area (Å²) in [6.07, 6.45) is 83.8. The Bertz CT molecular complexity index is 1640. The van der Waals surface area contributed by atoms with E-state index in [2.05, 4.69) is 74.7 Å². The minimum atomic E-state index is -4.45. The van der Waals surface area contributed by atoms with Gasteiger partial charge in [-0.3, -0.25) is 18.6 Å². The van der Waals surface area contributed by atoms with E-state index in [1.165, 1.54) is 244 Å². The molecule has 9 nitrogen and oxygen atoms in total. The van der Waals surface area contributed by atoms with Crippen LogP contribution in [0.3, 0.4) is 0 Å². The first-order valence-electron chi connectivity index (χ1n) is 36.6. The first kappa shape index (κ1) is 82.7. The zero-order chi connectivity index (χ0) is 62.1. The highest BCUT2D eigenvalue weighted by Crippen LogP contribution is 2.43. The molecule has 0 rings (SSSR count). The van der Waals surface area contributed by atoms with Gasteiger partial charge < -0.3 is 19.4 Å². The molecule has 3 unspecified atom stereocenters. The van der Waals surface area contributed by atoms with Crippen molar-refractivity contribution in [2.45, 2.75) is 367 Å². The van der Waals surface area contributed by atoms with E-state index in [1.54, 1.807) is 0 Å². The Kier molecular flexibility index (Phi) is 62.9. The maximum atomic E-state index is 13.6. The van der Waals surface area contributed by atoms with E-state index in [0.717, 1.165) is 77.0 Å². The van der Waals surface area contributed by atoms with E-state index >= 15 is 0 Å². The Hall–Kier alpha value is -2.29. The average Bonchev–Trinajstić information content (AvgIpc) is 3.64. The van der Waals surface area contributed by atoms with Crippen LogP contribution in [0.25, 0.3) is 0 Å². The third kappa shape index (κ3) is 66.0. The number of amides is 1. The van der Waals surface area contributed by atoms with Crippen LogP contribution in [0.5, 0.6) is 0 Å². The van der Waals surface area contributed by atoms with Crippen molar-refractivity contribution in [2.75, 3.05) is 40.9 Å². The summed E-state index contributed by atoms with van der Waals surface area (Å²) in [7, 11) is 1.50. The second-order valence-electron chi connectivity index (χ2n) is 26.1. The molecular weight excluding hydrogens is 1070 g/mol. The molecule has 0 saturated heterocycles. The second-order valence-corrected chi connectivity index (χ2v) is 27.6. The number of hydrogen-bond acceptors (Lipinski definition) is 6. The van der Waals surface area contributed by atoms with Crippen LogP contribution < -0.4 is 5.32 Å². The molecular formula is C75H142N2O7P+. The second kappa shape index (κ2) is 64.7. The number of carbonyl (C=O) groups excluding carboxylic acids is 2. The van der Waals surface area contributed by atoms with Crippen LogP contribution in [0.1, 0.15) is 355 Å². The predicted octanol–water partition coefficient (Wildman–Crippen LogP) is 23.3. The van der Waals surface area contributed by atoms with Crippen molar-refractivity contribution in [1.29, 1.82) is 0 Å². The SMILES string of the molecule is CCCCC/C=C\C/C=C\C/C=C\C/C=C\CCCCCCCCCCCCCC(=O)NC(COP(=O)(O)OCC[N+](C)(C)C)C(/C=C\CCCCCCCCCCC)OC(=O)CCCCCCCCCCCCCCCCCCCCCCC. The lowest BCUT2D eigenvalue weighted by atomic mass is 10.0. The number of ether oxygens (including phenoxy) is 1. The van der Waals surface area contributed by atoms with Crippen LogP contribution in [0, 0.1) is 0 Å². The standard InChI is InChI=1S/C75H141N2O7P/c1-7-10-13-16-19-22-25-27-29-31-33-35-36-37-38-39-40-42-43-45-47-49-52-55-58-61-64-67-74(78)76-72(71-83-85(80,81)82-70-69-77(4,5)6)73(66-63-60-57-54-51-24-21-18-15-12-9-3)84-75(79)68-65-62-59-56-53-50-48-46-44-41-34-32-30-28-26-23-20-17-14-11-8-2/h19,22,27,29,33,35,37-38,63,66,72-73H,7-18,20-21,23-26,28,30-32,34,36,39-62,64-65,67-71H2,1-6H3,(H-,76,78,80,81)/p+1/b22-19-,29-27-,35-33-,38-37-,66-63-. The van der Waals surface area contributed by atoms with Gasteiger partial charge in [0.15, 0.2) is 0 Å². The number of phosphoric acid groups is 1. The highest BCUT2D eigenvalue weighted by molar-refractivity contribution is 7.47. The number of allylic oxidation sites excluding steroid dienone is 9. The van der Waals surface area contributed by atoms with Gasteiger partial charge in [-0.05, 0) is 76.7 Å². The summed E-state index contributed by atoms with van der Waals surface area (Å²) < 4.78 is 30.8. The number of nitrogens with one attached hydrogen (secondary N) is 1. The highest BCUT2D eigenvalue weighted by Gasteiger charge is 2.30. The molecule has 3 atom stereocenters. The van der Waals surface area contributed by atoms with E-state index < -0.39 is 20.0 Å². The van der Waals surface area contributed by atoms with E-state index in [9.17, 15) is 19.0 Å². The lowest BCUT2D eigenvalue weighted by Crippen LogP contribution is -2.47. The Morgan fingerprint density at radius 3 is 1.09 bits per heavy atom. The molecule has 1 amide bonds. The van der Waals surface area contributed by atoms with Crippen molar-refractivity contribution in [3.05, 3.63) is 60.8 Å². The topological polar surface area (TPSA) is 111 Å². The van der Waals surface area contributed by atoms with Gasteiger partial charge in [0.1, 0.15) is 19.3 Å². The normalized spacial score (nSPS) is 13.8. The highest BCUT2D eigenvalue weighted by atomic mass is 31.2. The van der Waals surface area contributed by atoms with Crippen molar-refractivity contribution in [2.24, 2.45) is 0 Å². The van der Waals surface area contributed by atoms with Crippen molar-refractivity contribution >= 4 is 19.7 Å². The molecule has 0 heterocycles. The van der Waals surface area contributed by atoms with E-state index in [-0.39, 0.29) is 25.1 Å². The number of quaternary nitrogens is 1. The fourth-order valence-corrected chi connectivity index (χ4v) is 11.5. The molecule has 0 aromatic carbocycles. The van der Waals surface area contributed by atoms with Crippen molar-refractivity contribution in [3.8, 4) is 0 Å². The van der Waals surface area contributed by atoms with Gasteiger partial charge in [-0.2, -0.15) is 0 Å². The smallest absolute Gasteiger partial charge is 0.456 e. The molecule has 498 valence electrons. The molecule has 0 spiro atoms. The zero-order valence-corrected chi connectivity index (χ0v) is 58.0. The van der Waals surface area contributed by atoms with Gasteiger partial charge in [0.25, 0.3) is 0 Å². The van der Waals surface area contributed by atoms with Gasteiger partial charge >= 0.3 is 13.8 Å². The summed E-state index contributed by atoms with van der Waals surface area (Å²) >= 11 is 0. The minimum absolute atomic E-state index is 0.0404. The van der Waals surface area contributed by atoms with Crippen LogP contribution in [-0.2, 0) is 27.9 Å². The number of rotatable bonds is 67. The molecule has 0 aromatic rings. The number of unbranched alkanes of at least 4 members (excludes halogenated alkanes) is 43. The Morgan fingerprint density at radius 2 is 0.718 bits per heavy atom. The number of esters is 1. The molecule has 0 saturated carbocycles. The Labute approximate surface area is 528 Å². The number of likely N-dealkylation sites (N-methyl/N-ethyl adjacent to an activating group) is 1. The molecule has 0 radical (unpaired) electrons. The Balaban J connectivity index is 4.97. The van der Waals surface area contributed by atoms with Crippen LogP contribution in [0.4, 0.5) is 0 Å². The predicted molar refractivity (Wildman–Crippen MR) is 369 cm³/mol. The third-order valence-electron chi connectivity index (χ3n) is 16.5. The van der Waals surface area contributed by atoms with Gasteiger partial charge in [0.2, 0.25) is 5.91 Å². The first-order chi connectivity index (χ1) is 41.4. The van der Waals surface area contributed by atoms with Gasteiger partial charge in [0.05, 0.1) is 33.8 Å². The molecule has 0 aromatic heterocycles. The Morgan fingerprint density at radius 1 is 0.412 bits per heavy atom. The summed E-state index contributed by atoms with van der Waals surface area (Å²) in [5.74, 6) is -0.493. The lowest BCUT2D eigenvalue weighted by Gasteiger charge is -2.27. The quantitative estimate of drug-likeness (QED) is 0.0205. The van der Waals surface area contributed by atoms with Gasteiger partial charge in [-0.25, -0.2) is 4.57 Å². The van der Waals surface area contributed by atoms with Crippen LogP contribution >= 0.6 is 7.82 Å². The lowest BCUT2D eigenvalue weighted by molar-refractivity contribution is -0.870. The molecule has 0 bridgehead atoms. The molecule has 10 heteroatoms. The first-order valence-corrected chi connectivity index (χ1v) is 38.1. The van der Waals surface area contributed by atoms with Crippen LogP contribution in [0.15, 0.2) is 60.8 Å². The van der Waals surface area contributed by atoms with E-state index in [1.807, 2.05) is 33.3 Å². The molecule has 2 N–H and O–H groups in total. The summed E-state index contributed by atoms with van der Waals surface area (Å²) in [5, 5.41) is 3.07. The maximum absolute atomic E-state index is 13.6. The largest absolute Gasteiger partial charge is 0.472 e. The van der Waals surface area contributed by atoms with Gasteiger partial charge in [0, 0.05) is 12.8 Å². The van der Waals surface area contributed by atoms with Crippen molar-refractivity contribution in [1.82, 2.24) is 5.32 Å². The fourth-order valence-electron chi connectivity index (χ4n) is 10.8. The third-order valence-corrected chi connectivity index (χ3v) is 17.4. The molecule has 85 heavy (non-hydrogen) atoms. The van der Waals surface area contributed by atoms with E-state index in [0.29, 0.717) is 23.9 Å². The monoisotopic (exact) mass is 1210 g/mol. The summed E-state index contributed by atoms with van der Waals surface area (Å²) in [6, 6.07) is -0.850. The number of hydrogen-bond donors (Lipinski definition) is 2. The average molecular weight is 1210 g/mol. The summed E-state index contributed by atoms with van der Waals surface area (Å²) in [6.45, 7) is 7.03. The van der Waals surface area contributed by atoms with Crippen molar-refractivity contribution in [3.63, 3.8) is 0 Å².